The first-order chi connectivity index (χ1) is 8.56. The maximum absolute atomic E-state index is 11.9. The lowest BCUT2D eigenvalue weighted by Gasteiger charge is -2.15. The summed E-state index contributed by atoms with van der Waals surface area (Å²) < 4.78 is 0. The molecule has 0 aliphatic carbocycles. The van der Waals surface area contributed by atoms with Crippen molar-refractivity contribution in [1.82, 2.24) is 4.90 Å². The van der Waals surface area contributed by atoms with Crippen LogP contribution in [0.3, 0.4) is 0 Å². The summed E-state index contributed by atoms with van der Waals surface area (Å²) in [6.45, 7) is 0.903. The normalized spacial score (nSPS) is 19.2. The molecule has 1 amide bonds. The third-order valence-electron chi connectivity index (χ3n) is 3.10. The molecule has 0 spiro atoms. The van der Waals surface area contributed by atoms with E-state index in [1.165, 1.54) is 0 Å². The van der Waals surface area contributed by atoms with Gasteiger partial charge < -0.3 is 10.0 Å². The highest BCUT2D eigenvalue weighted by Crippen LogP contribution is 2.22. The molecule has 1 N–H and O–H groups in total. The largest absolute Gasteiger partial charge is 0.481 e. The Bertz CT molecular complexity index is 460. The number of hydrogen-bond donors (Lipinski definition) is 1. The van der Waals surface area contributed by atoms with Gasteiger partial charge in [-0.05, 0) is 18.9 Å². The van der Waals surface area contributed by atoms with Gasteiger partial charge in [0.1, 0.15) is 0 Å². The van der Waals surface area contributed by atoms with E-state index in [1.54, 1.807) is 16.2 Å². The van der Waals surface area contributed by atoms with Crippen molar-refractivity contribution in [2.75, 3.05) is 13.1 Å². The highest BCUT2D eigenvalue weighted by atomic mass is 35.5. The second kappa shape index (κ2) is 5.71. The number of carbonyl (C=O) groups is 2. The first kappa shape index (κ1) is 13.4. The third-order valence-corrected chi connectivity index (χ3v) is 4.44. The van der Waals surface area contributed by atoms with Crippen LogP contribution in [0.4, 0.5) is 0 Å². The molecule has 1 aromatic rings. The molecule has 18 heavy (non-hydrogen) atoms. The number of rotatable bonds is 4. The summed E-state index contributed by atoms with van der Waals surface area (Å²) in [5.41, 5.74) is 0. The van der Waals surface area contributed by atoms with E-state index in [1.807, 2.05) is 11.4 Å². The smallest absolute Gasteiger partial charge is 0.308 e. The minimum absolute atomic E-state index is 0.0308. The number of carbonyl (C=O) groups excluding carboxylic acids is 1. The van der Waals surface area contributed by atoms with Gasteiger partial charge in [0.25, 0.3) is 0 Å². The van der Waals surface area contributed by atoms with E-state index in [-0.39, 0.29) is 5.91 Å². The predicted octanol–water partition coefficient (Wildman–Crippen LogP) is 2.27. The first-order valence-electron chi connectivity index (χ1n) is 5.80. The van der Waals surface area contributed by atoms with Crippen LogP contribution < -0.4 is 0 Å². The maximum Gasteiger partial charge on any atom is 0.308 e. The maximum atomic E-state index is 11.9. The number of amides is 1. The number of carboxylic acid groups (broad SMARTS) is 1. The minimum Gasteiger partial charge on any atom is -0.481 e. The van der Waals surface area contributed by atoms with Gasteiger partial charge in [-0.3, -0.25) is 9.59 Å². The number of aryl methyl sites for hydroxylation is 1. The van der Waals surface area contributed by atoms with Crippen molar-refractivity contribution in [1.29, 1.82) is 0 Å². The van der Waals surface area contributed by atoms with Gasteiger partial charge in [-0.15, -0.1) is 11.3 Å². The topological polar surface area (TPSA) is 57.6 Å². The molecule has 1 atom stereocenters. The van der Waals surface area contributed by atoms with Crippen LogP contribution in [0.5, 0.6) is 0 Å². The molecule has 0 aromatic carbocycles. The Labute approximate surface area is 114 Å². The minimum atomic E-state index is -0.810. The van der Waals surface area contributed by atoms with E-state index >= 15 is 0 Å². The summed E-state index contributed by atoms with van der Waals surface area (Å²) in [6.07, 6.45) is 1.65. The Morgan fingerprint density at radius 2 is 2.33 bits per heavy atom. The molecule has 1 fully saturated rings. The zero-order valence-corrected chi connectivity index (χ0v) is 11.3. The molecule has 2 rings (SSSR count). The number of thiophene rings is 1. The fourth-order valence-electron chi connectivity index (χ4n) is 2.06. The SMILES string of the molecule is O=C(O)[C@H]1CCN(C(=O)CCc2cc(Cl)cs2)C1. The molecule has 0 radical (unpaired) electrons. The van der Waals surface area contributed by atoms with Crippen molar-refractivity contribution in [3.8, 4) is 0 Å². The van der Waals surface area contributed by atoms with Crippen LogP contribution in [0.15, 0.2) is 11.4 Å². The van der Waals surface area contributed by atoms with Gasteiger partial charge >= 0.3 is 5.97 Å². The molecular formula is C12H14ClNO3S. The number of hydrogen-bond acceptors (Lipinski definition) is 3. The quantitative estimate of drug-likeness (QED) is 0.924. The second-order valence-electron chi connectivity index (χ2n) is 4.39. The molecule has 0 saturated carbocycles. The Balaban J connectivity index is 1.80. The van der Waals surface area contributed by atoms with E-state index in [0.29, 0.717) is 37.4 Å². The molecule has 4 nitrogen and oxygen atoms in total. The van der Waals surface area contributed by atoms with Crippen LogP contribution in [0, 0.1) is 5.92 Å². The number of nitrogens with zero attached hydrogens (tertiary/aromatic N) is 1. The molecule has 1 aliphatic heterocycles. The first-order valence-corrected chi connectivity index (χ1v) is 7.05. The van der Waals surface area contributed by atoms with Crippen molar-refractivity contribution in [2.24, 2.45) is 5.92 Å². The lowest BCUT2D eigenvalue weighted by Crippen LogP contribution is -2.30. The standard InChI is InChI=1S/C12H14ClNO3S/c13-9-5-10(18-7-9)1-2-11(15)14-4-3-8(6-14)12(16)17/h5,7-8H,1-4,6H2,(H,16,17)/t8-/m0/s1. The molecule has 1 aromatic heterocycles. The van der Waals surface area contributed by atoms with E-state index in [9.17, 15) is 9.59 Å². The van der Waals surface area contributed by atoms with Gasteiger partial charge in [0.2, 0.25) is 5.91 Å². The summed E-state index contributed by atoms with van der Waals surface area (Å²) in [5, 5.41) is 11.4. The molecule has 0 unspecified atom stereocenters. The van der Waals surface area contributed by atoms with Crippen LogP contribution in [0.2, 0.25) is 5.02 Å². The van der Waals surface area contributed by atoms with Gasteiger partial charge in [-0.25, -0.2) is 0 Å². The molecule has 2 heterocycles. The van der Waals surface area contributed by atoms with Crippen molar-refractivity contribution in [3.63, 3.8) is 0 Å². The Hall–Kier alpha value is -1.07. The van der Waals surface area contributed by atoms with Crippen LogP contribution in [-0.2, 0) is 16.0 Å². The fraction of sp³-hybridized carbons (Fsp3) is 0.500. The van der Waals surface area contributed by atoms with Gasteiger partial charge in [0.05, 0.1) is 10.9 Å². The van der Waals surface area contributed by atoms with Crippen LogP contribution >= 0.6 is 22.9 Å². The molecule has 98 valence electrons. The summed E-state index contributed by atoms with van der Waals surface area (Å²) >= 11 is 7.35. The summed E-state index contributed by atoms with van der Waals surface area (Å²) in [6, 6.07) is 1.86. The summed E-state index contributed by atoms with van der Waals surface area (Å²) in [7, 11) is 0. The second-order valence-corrected chi connectivity index (χ2v) is 5.83. The number of halogens is 1. The molecule has 1 saturated heterocycles. The zero-order valence-electron chi connectivity index (χ0n) is 9.76. The van der Waals surface area contributed by atoms with Gasteiger partial charge in [0, 0.05) is 29.8 Å². The number of carboxylic acids is 1. The summed E-state index contributed by atoms with van der Waals surface area (Å²) in [5.74, 6) is -1.18. The molecule has 1 aliphatic rings. The zero-order chi connectivity index (χ0) is 13.1. The number of likely N-dealkylation sites (tertiary alicyclic amines) is 1. The average molecular weight is 288 g/mol. The van der Waals surface area contributed by atoms with Crippen LogP contribution in [-0.4, -0.2) is 35.0 Å². The van der Waals surface area contributed by atoms with Crippen LogP contribution in [0.25, 0.3) is 0 Å². The predicted molar refractivity (Wildman–Crippen MR) is 70.0 cm³/mol. The van der Waals surface area contributed by atoms with Gasteiger partial charge in [-0.1, -0.05) is 11.6 Å². The average Bonchev–Trinajstić information content (AvgIpc) is 2.94. The third kappa shape index (κ3) is 3.23. The molecule has 6 heteroatoms. The number of aliphatic carboxylic acids is 1. The van der Waals surface area contributed by atoms with Crippen molar-refractivity contribution < 1.29 is 14.7 Å². The lowest BCUT2D eigenvalue weighted by atomic mass is 10.1. The summed E-state index contributed by atoms with van der Waals surface area (Å²) in [4.78, 5) is 25.4. The molecule has 0 bridgehead atoms. The van der Waals surface area contributed by atoms with Crippen molar-refractivity contribution in [2.45, 2.75) is 19.3 Å². The lowest BCUT2D eigenvalue weighted by molar-refractivity contribution is -0.141. The van der Waals surface area contributed by atoms with E-state index < -0.39 is 11.9 Å². The molecular weight excluding hydrogens is 274 g/mol. The highest BCUT2D eigenvalue weighted by Gasteiger charge is 2.30. The van der Waals surface area contributed by atoms with Crippen molar-refractivity contribution in [3.05, 3.63) is 21.3 Å². The van der Waals surface area contributed by atoms with Crippen LogP contribution in [0.1, 0.15) is 17.7 Å². The van der Waals surface area contributed by atoms with Crippen molar-refractivity contribution >= 4 is 34.8 Å². The monoisotopic (exact) mass is 287 g/mol. The highest BCUT2D eigenvalue weighted by molar-refractivity contribution is 7.10. The fourth-order valence-corrected chi connectivity index (χ4v) is 3.14. The van der Waals surface area contributed by atoms with Gasteiger partial charge in [0.15, 0.2) is 0 Å². The van der Waals surface area contributed by atoms with E-state index in [0.717, 1.165) is 4.88 Å². The van der Waals surface area contributed by atoms with E-state index in [4.69, 9.17) is 16.7 Å². The van der Waals surface area contributed by atoms with E-state index in [2.05, 4.69) is 0 Å². The van der Waals surface area contributed by atoms with Gasteiger partial charge in [-0.2, -0.15) is 0 Å². The Morgan fingerprint density at radius 1 is 1.56 bits per heavy atom. The Kier molecular flexibility index (Phi) is 4.24. The Morgan fingerprint density at radius 3 is 2.89 bits per heavy atom.